The summed E-state index contributed by atoms with van der Waals surface area (Å²) < 4.78 is 3.28. The molecule has 0 spiro atoms. The number of benzene rings is 2. The highest BCUT2D eigenvalue weighted by molar-refractivity contribution is 8.00. The van der Waals surface area contributed by atoms with Crippen molar-refractivity contribution in [1.29, 1.82) is 0 Å². The fraction of sp³-hybridized carbons (Fsp3) is 0.409. The van der Waals surface area contributed by atoms with Crippen molar-refractivity contribution < 1.29 is 9.90 Å². The van der Waals surface area contributed by atoms with Gasteiger partial charge in [-0.15, -0.1) is 0 Å². The molecule has 6 heteroatoms. The fourth-order valence-corrected chi connectivity index (χ4v) is 4.81. The molecule has 1 amide bonds. The van der Waals surface area contributed by atoms with Gasteiger partial charge < -0.3 is 14.7 Å². The second-order valence-electron chi connectivity index (χ2n) is 7.69. The average molecular weight is 398 g/mol. The molecule has 0 bridgehead atoms. The number of carbonyl (C=O) groups excluding carboxylic acids is 1. The van der Waals surface area contributed by atoms with E-state index in [-0.39, 0.29) is 18.1 Å². The third kappa shape index (κ3) is 4.35. The number of likely N-dealkylation sites (N-methyl/N-ethyl adjacent to an activating group) is 1. The second kappa shape index (κ2) is 8.55. The van der Waals surface area contributed by atoms with E-state index in [1.807, 2.05) is 36.2 Å². The van der Waals surface area contributed by atoms with E-state index < -0.39 is 0 Å². The summed E-state index contributed by atoms with van der Waals surface area (Å²) in [5.41, 5.74) is 4.62. The van der Waals surface area contributed by atoms with Gasteiger partial charge in [0.05, 0.1) is 18.6 Å². The van der Waals surface area contributed by atoms with Gasteiger partial charge in [0.25, 0.3) is 0 Å². The number of nitrogens with one attached hydrogen (secondary N) is 1. The minimum atomic E-state index is -0.254. The van der Waals surface area contributed by atoms with Crippen LogP contribution in [0.5, 0.6) is 0 Å². The van der Waals surface area contributed by atoms with E-state index in [1.54, 1.807) is 11.9 Å². The van der Waals surface area contributed by atoms with Crippen LogP contribution in [0.25, 0.3) is 0 Å². The van der Waals surface area contributed by atoms with Crippen LogP contribution >= 0.6 is 11.9 Å². The first-order valence-corrected chi connectivity index (χ1v) is 10.8. The number of hydrogen-bond donors (Lipinski definition) is 2. The summed E-state index contributed by atoms with van der Waals surface area (Å²) in [7, 11) is 1.90. The maximum absolute atomic E-state index is 13.1. The smallest absolute Gasteiger partial charge is 0.227 e. The van der Waals surface area contributed by atoms with Crippen molar-refractivity contribution in [2.24, 2.45) is 0 Å². The van der Waals surface area contributed by atoms with Crippen molar-refractivity contribution in [3.63, 3.8) is 0 Å². The second-order valence-corrected chi connectivity index (χ2v) is 8.47. The number of aliphatic hydroxyl groups is 1. The predicted molar refractivity (Wildman–Crippen MR) is 114 cm³/mol. The molecule has 0 saturated carbocycles. The zero-order valence-electron chi connectivity index (χ0n) is 16.2. The Kier molecular flexibility index (Phi) is 5.90. The number of hydrogen-bond acceptors (Lipinski definition) is 5. The minimum absolute atomic E-state index is 0.0225. The highest BCUT2D eigenvalue weighted by Crippen LogP contribution is 2.31. The van der Waals surface area contributed by atoms with E-state index >= 15 is 0 Å². The van der Waals surface area contributed by atoms with Gasteiger partial charge in [-0.1, -0.05) is 42.5 Å². The largest absolute Gasteiger partial charge is 0.392 e. The summed E-state index contributed by atoms with van der Waals surface area (Å²) in [6.45, 7) is 2.30. The third-order valence-corrected chi connectivity index (χ3v) is 6.48. The van der Waals surface area contributed by atoms with Gasteiger partial charge >= 0.3 is 0 Å². The first-order valence-electron chi connectivity index (χ1n) is 9.81. The van der Waals surface area contributed by atoms with Crippen molar-refractivity contribution in [2.45, 2.75) is 30.7 Å². The van der Waals surface area contributed by atoms with Crippen LogP contribution in [-0.4, -0.2) is 53.6 Å². The summed E-state index contributed by atoms with van der Waals surface area (Å²) in [6.07, 6.45) is 0.955. The number of nitrogens with zero attached hydrogens (tertiary/aromatic N) is 2. The van der Waals surface area contributed by atoms with Gasteiger partial charge in [-0.2, -0.15) is 0 Å². The molecule has 28 heavy (non-hydrogen) atoms. The topological polar surface area (TPSA) is 55.8 Å². The van der Waals surface area contributed by atoms with Crippen molar-refractivity contribution >= 4 is 23.5 Å². The molecule has 2 aliphatic rings. The Bertz CT molecular complexity index is 830. The molecular weight excluding hydrogens is 370 g/mol. The highest BCUT2D eigenvalue weighted by Gasteiger charge is 2.28. The van der Waals surface area contributed by atoms with Crippen LogP contribution in [-0.2, 0) is 17.0 Å². The predicted octanol–water partition coefficient (Wildman–Crippen LogP) is 3.07. The summed E-state index contributed by atoms with van der Waals surface area (Å²) in [4.78, 5) is 17.2. The van der Waals surface area contributed by atoms with Crippen LogP contribution in [0.1, 0.15) is 29.2 Å². The molecule has 2 aliphatic heterocycles. The van der Waals surface area contributed by atoms with Crippen LogP contribution in [0.4, 0.5) is 5.69 Å². The molecule has 2 aromatic rings. The fourth-order valence-electron chi connectivity index (χ4n) is 3.99. The van der Waals surface area contributed by atoms with Crippen LogP contribution in [0.3, 0.4) is 0 Å². The standard InChI is InChI=1S/C22H27N3O2S/c1-24(22(27)12-16-7-8-20-18(11-16)15-28-23-20)21(17-5-3-2-4-6-17)14-25-10-9-19(26)13-25/h2-8,11,19,21,23,26H,9-10,12-15H2,1H3/t19-,21?/m0/s1. The first kappa shape index (κ1) is 19.3. The molecular formula is C22H27N3O2S. The molecule has 1 saturated heterocycles. The molecule has 0 radical (unpaired) electrons. The molecule has 4 rings (SSSR count). The van der Waals surface area contributed by atoms with Gasteiger partial charge in [-0.25, -0.2) is 0 Å². The Morgan fingerprint density at radius 3 is 2.89 bits per heavy atom. The maximum Gasteiger partial charge on any atom is 0.227 e. The molecule has 1 unspecified atom stereocenters. The lowest BCUT2D eigenvalue weighted by Gasteiger charge is -2.32. The van der Waals surface area contributed by atoms with E-state index in [1.165, 1.54) is 5.56 Å². The number of carbonyl (C=O) groups is 1. The molecule has 0 aliphatic carbocycles. The van der Waals surface area contributed by atoms with E-state index in [9.17, 15) is 9.90 Å². The Labute approximate surface area is 170 Å². The SMILES string of the molecule is CN(C(=O)Cc1ccc2c(c1)CSN2)C(CN1CC[C@H](O)C1)c1ccccc1. The normalized spacial score (nSPS) is 19.9. The molecule has 2 atom stereocenters. The van der Waals surface area contributed by atoms with Gasteiger partial charge in [0.2, 0.25) is 5.91 Å². The van der Waals surface area contributed by atoms with Crippen LogP contribution in [0.2, 0.25) is 0 Å². The Morgan fingerprint density at radius 1 is 1.32 bits per heavy atom. The lowest BCUT2D eigenvalue weighted by molar-refractivity contribution is -0.131. The molecule has 0 aromatic heterocycles. The first-order chi connectivity index (χ1) is 13.6. The average Bonchev–Trinajstić information content (AvgIpc) is 3.34. The van der Waals surface area contributed by atoms with Gasteiger partial charge in [-0.3, -0.25) is 9.69 Å². The van der Waals surface area contributed by atoms with Crippen LogP contribution in [0, 0.1) is 0 Å². The number of aliphatic hydroxyl groups excluding tert-OH is 1. The highest BCUT2D eigenvalue weighted by atomic mass is 32.2. The van der Waals surface area contributed by atoms with Crippen LogP contribution < -0.4 is 4.72 Å². The number of anilines is 1. The van der Waals surface area contributed by atoms with Crippen molar-refractivity contribution in [3.8, 4) is 0 Å². The number of fused-ring (bicyclic) bond motifs is 1. The van der Waals surface area contributed by atoms with Crippen LogP contribution in [0.15, 0.2) is 48.5 Å². The number of likely N-dealkylation sites (tertiary alicyclic amines) is 1. The van der Waals surface area contributed by atoms with E-state index in [0.29, 0.717) is 13.0 Å². The zero-order chi connectivity index (χ0) is 19.5. The minimum Gasteiger partial charge on any atom is -0.392 e. The zero-order valence-corrected chi connectivity index (χ0v) is 17.0. The molecule has 1 fully saturated rings. The van der Waals surface area contributed by atoms with Gasteiger partial charge in [0.1, 0.15) is 0 Å². The third-order valence-electron chi connectivity index (χ3n) is 5.66. The van der Waals surface area contributed by atoms with Crippen molar-refractivity contribution in [3.05, 3.63) is 65.2 Å². The Hall–Kier alpha value is -2.02. The van der Waals surface area contributed by atoms with Gasteiger partial charge in [0, 0.05) is 38.1 Å². The quantitative estimate of drug-likeness (QED) is 0.734. The summed E-state index contributed by atoms with van der Waals surface area (Å²) in [6, 6.07) is 16.4. The number of amides is 1. The Balaban J connectivity index is 1.49. The van der Waals surface area contributed by atoms with Crippen molar-refractivity contribution in [2.75, 3.05) is 31.4 Å². The lowest BCUT2D eigenvalue weighted by atomic mass is 10.0. The molecule has 5 nitrogen and oxygen atoms in total. The summed E-state index contributed by atoms with van der Waals surface area (Å²) in [5.74, 6) is 1.06. The van der Waals surface area contributed by atoms with Gasteiger partial charge in [-0.05, 0) is 41.1 Å². The van der Waals surface area contributed by atoms with Crippen molar-refractivity contribution in [1.82, 2.24) is 9.80 Å². The maximum atomic E-state index is 13.1. The van der Waals surface area contributed by atoms with E-state index in [0.717, 1.165) is 42.1 Å². The number of rotatable bonds is 6. The Morgan fingerprint density at radius 2 is 2.14 bits per heavy atom. The molecule has 2 N–H and O–H groups in total. The summed E-state index contributed by atoms with van der Waals surface area (Å²) in [5, 5.41) is 9.87. The molecule has 148 valence electrons. The lowest BCUT2D eigenvalue weighted by Crippen LogP contribution is -2.39. The monoisotopic (exact) mass is 397 g/mol. The van der Waals surface area contributed by atoms with E-state index in [2.05, 4.69) is 33.9 Å². The molecule has 2 heterocycles. The van der Waals surface area contributed by atoms with Gasteiger partial charge in [0.15, 0.2) is 0 Å². The summed E-state index contributed by atoms with van der Waals surface area (Å²) >= 11 is 1.69. The van der Waals surface area contributed by atoms with E-state index in [4.69, 9.17) is 0 Å². The number of β-amino-alcohol motifs (C(OH)–C–C–N with tert-alkyl or cyclic N) is 1. The molecule has 2 aromatic carbocycles.